The van der Waals surface area contributed by atoms with Gasteiger partial charge in [-0.2, -0.15) is 0 Å². The van der Waals surface area contributed by atoms with Gasteiger partial charge < -0.3 is 15.3 Å². The lowest BCUT2D eigenvalue weighted by molar-refractivity contribution is -0.131. The lowest BCUT2D eigenvalue weighted by Crippen LogP contribution is -2.43. The van der Waals surface area contributed by atoms with Gasteiger partial charge in [0.15, 0.2) is 5.71 Å². The molecular formula is C12H19N3O4. The molecule has 0 bridgehead atoms. The number of carboxylic acid groups (broad SMARTS) is 1. The molecule has 0 aromatic rings. The fourth-order valence-corrected chi connectivity index (χ4v) is 2.52. The van der Waals surface area contributed by atoms with E-state index in [0.717, 1.165) is 25.9 Å². The predicted molar refractivity (Wildman–Crippen MR) is 67.8 cm³/mol. The number of nitrogens with zero attached hydrogens (tertiary/aromatic N) is 2. The minimum atomic E-state index is -1.14. The van der Waals surface area contributed by atoms with Crippen LogP contribution < -0.4 is 5.32 Å². The van der Waals surface area contributed by atoms with Gasteiger partial charge in [0, 0.05) is 19.0 Å². The quantitative estimate of drug-likeness (QED) is 0.722. The summed E-state index contributed by atoms with van der Waals surface area (Å²) < 4.78 is 0. The van der Waals surface area contributed by atoms with Gasteiger partial charge in [0.1, 0.15) is 0 Å². The van der Waals surface area contributed by atoms with Gasteiger partial charge in [-0.25, -0.2) is 4.79 Å². The van der Waals surface area contributed by atoms with Crippen molar-refractivity contribution in [3.8, 4) is 0 Å². The number of amides is 1. The Morgan fingerprint density at radius 1 is 1.58 bits per heavy atom. The standard InChI is InChI=1S/C12H19N3O4/c1-2-15-5-3-4-8(15)7-13-11(16)10-6-9(12(17)18)14-19-10/h8,10H,2-7H2,1H3,(H,13,16)(H,17,18). The molecule has 1 fully saturated rings. The Morgan fingerprint density at radius 2 is 2.37 bits per heavy atom. The van der Waals surface area contributed by atoms with Crippen molar-refractivity contribution in [1.82, 2.24) is 10.2 Å². The summed E-state index contributed by atoms with van der Waals surface area (Å²) >= 11 is 0. The molecule has 2 rings (SSSR count). The van der Waals surface area contributed by atoms with E-state index in [-0.39, 0.29) is 18.0 Å². The molecule has 7 nitrogen and oxygen atoms in total. The van der Waals surface area contributed by atoms with E-state index in [2.05, 4.69) is 22.3 Å². The molecule has 0 aliphatic carbocycles. The second-order valence-electron chi connectivity index (χ2n) is 4.81. The van der Waals surface area contributed by atoms with Gasteiger partial charge in [-0.15, -0.1) is 0 Å². The minimum Gasteiger partial charge on any atom is -0.477 e. The molecule has 2 unspecified atom stereocenters. The van der Waals surface area contributed by atoms with Crippen LogP contribution in [-0.2, 0) is 14.4 Å². The zero-order valence-corrected chi connectivity index (χ0v) is 11.0. The second-order valence-corrected chi connectivity index (χ2v) is 4.81. The fourth-order valence-electron chi connectivity index (χ4n) is 2.52. The largest absolute Gasteiger partial charge is 0.477 e. The Morgan fingerprint density at radius 3 is 3.00 bits per heavy atom. The van der Waals surface area contributed by atoms with E-state index in [9.17, 15) is 9.59 Å². The van der Waals surface area contributed by atoms with Gasteiger partial charge in [0.25, 0.3) is 5.91 Å². The van der Waals surface area contributed by atoms with Gasteiger partial charge in [-0.05, 0) is 25.9 Å². The van der Waals surface area contributed by atoms with Crippen molar-refractivity contribution < 1.29 is 19.5 Å². The Labute approximate surface area is 111 Å². The first kappa shape index (κ1) is 13.8. The Balaban J connectivity index is 1.75. The van der Waals surface area contributed by atoms with Crippen molar-refractivity contribution in [1.29, 1.82) is 0 Å². The van der Waals surface area contributed by atoms with E-state index in [1.54, 1.807) is 0 Å². The number of hydrogen-bond donors (Lipinski definition) is 2. The molecule has 19 heavy (non-hydrogen) atoms. The Bertz CT molecular complexity index is 396. The highest BCUT2D eigenvalue weighted by molar-refractivity contribution is 6.36. The van der Waals surface area contributed by atoms with Crippen molar-refractivity contribution in [2.24, 2.45) is 5.16 Å². The van der Waals surface area contributed by atoms with Crippen molar-refractivity contribution in [2.75, 3.05) is 19.6 Å². The SMILES string of the molecule is CCN1CCCC1CNC(=O)C1CC(C(=O)O)=NO1. The molecule has 0 aromatic heterocycles. The van der Waals surface area contributed by atoms with Crippen LogP contribution in [0, 0.1) is 0 Å². The van der Waals surface area contributed by atoms with Crippen LogP contribution in [0.15, 0.2) is 5.16 Å². The third-order valence-corrected chi connectivity index (χ3v) is 3.63. The summed E-state index contributed by atoms with van der Waals surface area (Å²) in [6.45, 7) is 4.73. The molecule has 0 aromatic carbocycles. The summed E-state index contributed by atoms with van der Waals surface area (Å²) in [4.78, 5) is 29.7. The molecule has 2 N–H and O–H groups in total. The number of nitrogens with one attached hydrogen (secondary N) is 1. The molecule has 0 spiro atoms. The first-order chi connectivity index (χ1) is 9.11. The van der Waals surface area contributed by atoms with E-state index in [1.807, 2.05) is 0 Å². The van der Waals surface area contributed by atoms with Crippen LogP contribution in [0.4, 0.5) is 0 Å². The lowest BCUT2D eigenvalue weighted by Gasteiger charge is -2.23. The van der Waals surface area contributed by atoms with Gasteiger partial charge >= 0.3 is 5.97 Å². The number of likely N-dealkylation sites (tertiary alicyclic amines) is 1. The summed E-state index contributed by atoms with van der Waals surface area (Å²) in [6.07, 6.45) is 1.46. The maximum absolute atomic E-state index is 11.8. The molecule has 106 valence electrons. The van der Waals surface area contributed by atoms with E-state index in [4.69, 9.17) is 9.94 Å². The number of carboxylic acids is 1. The third kappa shape index (κ3) is 3.23. The first-order valence-electron chi connectivity index (χ1n) is 6.59. The second kappa shape index (κ2) is 6.01. The van der Waals surface area contributed by atoms with Crippen LogP contribution in [0.25, 0.3) is 0 Å². The molecule has 0 radical (unpaired) electrons. The van der Waals surface area contributed by atoms with Crippen LogP contribution in [0.1, 0.15) is 26.2 Å². The van der Waals surface area contributed by atoms with Crippen LogP contribution >= 0.6 is 0 Å². The normalized spacial score (nSPS) is 26.9. The van der Waals surface area contributed by atoms with E-state index in [0.29, 0.717) is 12.6 Å². The number of aliphatic carboxylic acids is 1. The molecule has 1 saturated heterocycles. The molecule has 7 heteroatoms. The maximum Gasteiger partial charge on any atom is 0.353 e. The number of oxime groups is 1. The van der Waals surface area contributed by atoms with Crippen molar-refractivity contribution in [3.63, 3.8) is 0 Å². The highest BCUT2D eigenvalue weighted by Gasteiger charge is 2.32. The van der Waals surface area contributed by atoms with Crippen LogP contribution in [-0.4, -0.2) is 59.4 Å². The number of carbonyl (C=O) groups excluding carboxylic acids is 1. The summed E-state index contributed by atoms with van der Waals surface area (Å²) in [7, 11) is 0. The smallest absolute Gasteiger partial charge is 0.353 e. The molecule has 2 heterocycles. The third-order valence-electron chi connectivity index (χ3n) is 3.63. The van der Waals surface area contributed by atoms with Crippen LogP contribution in [0.5, 0.6) is 0 Å². The number of hydrogen-bond acceptors (Lipinski definition) is 5. The summed E-state index contributed by atoms with van der Waals surface area (Å²) in [5, 5.41) is 14.9. The first-order valence-corrected chi connectivity index (χ1v) is 6.59. The molecule has 0 saturated carbocycles. The van der Waals surface area contributed by atoms with Crippen molar-refractivity contribution in [3.05, 3.63) is 0 Å². The monoisotopic (exact) mass is 269 g/mol. The van der Waals surface area contributed by atoms with E-state index >= 15 is 0 Å². The van der Waals surface area contributed by atoms with Gasteiger partial charge in [-0.1, -0.05) is 12.1 Å². The van der Waals surface area contributed by atoms with Gasteiger partial charge in [-0.3, -0.25) is 9.69 Å². The minimum absolute atomic E-state index is 0.0311. The Hall–Kier alpha value is -1.63. The number of carbonyl (C=O) groups is 2. The topological polar surface area (TPSA) is 91.2 Å². The van der Waals surface area contributed by atoms with Crippen molar-refractivity contribution >= 4 is 17.6 Å². The van der Waals surface area contributed by atoms with E-state index < -0.39 is 12.1 Å². The average Bonchev–Trinajstić information content (AvgIpc) is 3.04. The van der Waals surface area contributed by atoms with Gasteiger partial charge in [0.05, 0.1) is 0 Å². The highest BCUT2D eigenvalue weighted by atomic mass is 16.6. The fraction of sp³-hybridized carbons (Fsp3) is 0.750. The van der Waals surface area contributed by atoms with Crippen LogP contribution in [0.2, 0.25) is 0 Å². The van der Waals surface area contributed by atoms with Crippen LogP contribution in [0.3, 0.4) is 0 Å². The van der Waals surface area contributed by atoms with E-state index in [1.165, 1.54) is 0 Å². The molecular weight excluding hydrogens is 250 g/mol. The summed E-state index contributed by atoms with van der Waals surface area (Å²) in [5.41, 5.74) is -0.101. The zero-order valence-electron chi connectivity index (χ0n) is 11.0. The summed E-state index contributed by atoms with van der Waals surface area (Å²) in [6, 6.07) is 0.371. The molecule has 2 aliphatic heterocycles. The zero-order chi connectivity index (χ0) is 13.8. The van der Waals surface area contributed by atoms with Crippen molar-refractivity contribution in [2.45, 2.75) is 38.3 Å². The molecule has 2 aliphatic rings. The number of likely N-dealkylation sites (N-methyl/N-ethyl adjacent to an activating group) is 1. The summed E-state index contributed by atoms with van der Waals surface area (Å²) in [5.74, 6) is -1.42. The lowest BCUT2D eigenvalue weighted by atomic mass is 10.1. The highest BCUT2D eigenvalue weighted by Crippen LogP contribution is 2.16. The Kier molecular flexibility index (Phi) is 4.36. The predicted octanol–water partition coefficient (Wildman–Crippen LogP) is -0.184. The maximum atomic E-state index is 11.8. The average molecular weight is 269 g/mol. The molecule has 2 atom stereocenters. The molecule has 1 amide bonds. The number of rotatable bonds is 5. The van der Waals surface area contributed by atoms with Gasteiger partial charge in [0.2, 0.25) is 6.10 Å².